The number of hydrogen-bond donors (Lipinski definition) is 2. The zero-order valence-electron chi connectivity index (χ0n) is 13.2. The van der Waals surface area contributed by atoms with Crippen LogP contribution >= 0.6 is 11.3 Å². The Morgan fingerprint density at radius 2 is 1.77 bits per heavy atom. The van der Waals surface area contributed by atoms with Crippen LogP contribution in [0.5, 0.6) is 0 Å². The van der Waals surface area contributed by atoms with Gasteiger partial charge in [-0.2, -0.15) is 0 Å². The summed E-state index contributed by atoms with van der Waals surface area (Å²) >= 11 is 1.61. The minimum absolute atomic E-state index is 0.0710. The van der Waals surface area contributed by atoms with Gasteiger partial charge in [-0.05, 0) is 44.1 Å². The molecule has 0 bridgehead atoms. The third-order valence-corrected chi connectivity index (χ3v) is 6.05. The lowest BCUT2D eigenvalue weighted by Crippen LogP contribution is -2.26. The summed E-state index contributed by atoms with van der Waals surface area (Å²) in [5.41, 5.74) is 1.88. The van der Waals surface area contributed by atoms with Crippen molar-refractivity contribution >= 4 is 28.2 Å². The molecule has 2 aliphatic carbocycles. The fourth-order valence-electron chi connectivity index (χ4n) is 3.60. The van der Waals surface area contributed by atoms with Crippen LogP contribution in [0.1, 0.15) is 65.7 Å². The molecule has 0 aromatic carbocycles. The first-order chi connectivity index (χ1) is 10.7. The molecule has 2 N–H and O–H groups in total. The van der Waals surface area contributed by atoms with Gasteiger partial charge < -0.3 is 10.6 Å². The van der Waals surface area contributed by atoms with Crippen LogP contribution < -0.4 is 10.6 Å². The lowest BCUT2D eigenvalue weighted by Gasteiger charge is -2.20. The molecular formula is C17H24N2O2S. The Labute approximate surface area is 135 Å². The largest absolute Gasteiger partial charge is 0.355 e. The van der Waals surface area contributed by atoms with Gasteiger partial charge in [0.05, 0.1) is 5.56 Å². The van der Waals surface area contributed by atoms with Crippen molar-refractivity contribution in [3.63, 3.8) is 0 Å². The summed E-state index contributed by atoms with van der Waals surface area (Å²) in [4.78, 5) is 26.1. The van der Waals surface area contributed by atoms with Gasteiger partial charge in [0.2, 0.25) is 5.91 Å². The third-order valence-electron chi connectivity index (χ3n) is 4.84. The van der Waals surface area contributed by atoms with Crippen LogP contribution in [-0.2, 0) is 17.6 Å². The Morgan fingerprint density at radius 3 is 2.50 bits per heavy atom. The molecule has 0 radical (unpaired) electrons. The second-order valence-corrected chi connectivity index (χ2v) is 7.42. The van der Waals surface area contributed by atoms with Gasteiger partial charge in [-0.3, -0.25) is 9.59 Å². The molecule has 1 aromatic heterocycles. The number of carbonyl (C=O) groups is 2. The molecule has 3 rings (SSSR count). The summed E-state index contributed by atoms with van der Waals surface area (Å²) in [7, 11) is 1.65. The van der Waals surface area contributed by atoms with Crippen molar-refractivity contribution in [3.8, 4) is 0 Å². The second-order valence-electron chi connectivity index (χ2n) is 6.32. The molecule has 22 heavy (non-hydrogen) atoms. The standard InChI is InChI=1S/C17H24N2O2S/c1-18-16(21)14-12-9-5-6-10-13(12)22-17(14)19-15(20)11-7-3-2-4-8-11/h11H,2-10H2,1H3,(H,18,21)(H,19,20). The second kappa shape index (κ2) is 6.82. The Kier molecular flexibility index (Phi) is 4.81. The molecule has 5 heteroatoms. The first-order valence-electron chi connectivity index (χ1n) is 8.38. The van der Waals surface area contributed by atoms with Gasteiger partial charge in [-0.1, -0.05) is 19.3 Å². The molecule has 0 saturated heterocycles. The zero-order valence-corrected chi connectivity index (χ0v) is 14.0. The Bertz CT molecular complexity index is 573. The van der Waals surface area contributed by atoms with E-state index in [1.165, 1.54) is 17.7 Å². The van der Waals surface area contributed by atoms with Gasteiger partial charge in [-0.15, -0.1) is 11.3 Å². The topological polar surface area (TPSA) is 58.2 Å². The van der Waals surface area contributed by atoms with Crippen LogP contribution in [0.15, 0.2) is 0 Å². The predicted octanol–water partition coefficient (Wildman–Crippen LogP) is 3.51. The van der Waals surface area contributed by atoms with Crippen molar-refractivity contribution in [2.45, 2.75) is 57.8 Å². The van der Waals surface area contributed by atoms with E-state index in [-0.39, 0.29) is 17.7 Å². The normalized spacial score (nSPS) is 18.6. The maximum atomic E-state index is 12.5. The first kappa shape index (κ1) is 15.5. The van der Waals surface area contributed by atoms with Crippen LogP contribution in [0.3, 0.4) is 0 Å². The highest BCUT2D eigenvalue weighted by Gasteiger charge is 2.28. The quantitative estimate of drug-likeness (QED) is 0.895. The van der Waals surface area contributed by atoms with E-state index < -0.39 is 0 Å². The molecule has 0 aliphatic heterocycles. The number of anilines is 1. The van der Waals surface area contributed by atoms with Crippen LogP contribution in [-0.4, -0.2) is 18.9 Å². The molecule has 120 valence electrons. The van der Waals surface area contributed by atoms with Crippen molar-refractivity contribution in [1.82, 2.24) is 5.32 Å². The number of carbonyl (C=O) groups excluding carboxylic acids is 2. The highest BCUT2D eigenvalue weighted by atomic mass is 32.1. The van der Waals surface area contributed by atoms with Gasteiger partial charge in [0.1, 0.15) is 5.00 Å². The van der Waals surface area contributed by atoms with Gasteiger partial charge in [0.15, 0.2) is 0 Å². The Balaban J connectivity index is 1.84. The van der Waals surface area contributed by atoms with E-state index in [4.69, 9.17) is 0 Å². The van der Waals surface area contributed by atoms with Crippen LogP contribution in [0, 0.1) is 5.92 Å². The number of aryl methyl sites for hydroxylation is 1. The number of amides is 2. The van der Waals surface area contributed by atoms with E-state index in [1.54, 1.807) is 18.4 Å². The maximum absolute atomic E-state index is 12.5. The van der Waals surface area contributed by atoms with Gasteiger partial charge >= 0.3 is 0 Å². The SMILES string of the molecule is CNC(=O)c1c(NC(=O)C2CCCCC2)sc2c1CCCC2. The first-order valence-corrected chi connectivity index (χ1v) is 9.20. The molecule has 0 unspecified atom stereocenters. The third kappa shape index (κ3) is 3.05. The molecule has 0 spiro atoms. The van der Waals surface area contributed by atoms with Crippen LogP contribution in [0.4, 0.5) is 5.00 Å². The van der Waals surface area contributed by atoms with E-state index in [2.05, 4.69) is 10.6 Å². The molecule has 1 saturated carbocycles. The number of thiophene rings is 1. The van der Waals surface area contributed by atoms with Gasteiger partial charge in [-0.25, -0.2) is 0 Å². The summed E-state index contributed by atoms with van der Waals surface area (Å²) in [6.07, 6.45) is 9.76. The van der Waals surface area contributed by atoms with E-state index >= 15 is 0 Å². The predicted molar refractivity (Wildman–Crippen MR) is 89.6 cm³/mol. The monoisotopic (exact) mass is 320 g/mol. The number of fused-ring (bicyclic) bond motifs is 1. The van der Waals surface area contributed by atoms with Gasteiger partial charge in [0, 0.05) is 17.8 Å². The van der Waals surface area contributed by atoms with E-state index in [1.807, 2.05) is 0 Å². The van der Waals surface area contributed by atoms with E-state index in [0.29, 0.717) is 5.56 Å². The van der Waals surface area contributed by atoms with E-state index in [9.17, 15) is 9.59 Å². The minimum Gasteiger partial charge on any atom is -0.355 e. The maximum Gasteiger partial charge on any atom is 0.254 e. The highest BCUT2D eigenvalue weighted by molar-refractivity contribution is 7.17. The summed E-state index contributed by atoms with van der Waals surface area (Å²) in [6.45, 7) is 0. The van der Waals surface area contributed by atoms with Crippen molar-refractivity contribution in [2.24, 2.45) is 5.92 Å². The van der Waals surface area contributed by atoms with Crippen LogP contribution in [0.25, 0.3) is 0 Å². The minimum atomic E-state index is -0.0710. The van der Waals surface area contributed by atoms with Crippen molar-refractivity contribution in [2.75, 3.05) is 12.4 Å². The Morgan fingerprint density at radius 1 is 1.05 bits per heavy atom. The molecule has 1 heterocycles. The molecule has 1 fully saturated rings. The summed E-state index contributed by atoms with van der Waals surface area (Å²) < 4.78 is 0. The average molecular weight is 320 g/mol. The molecule has 0 atom stereocenters. The number of nitrogens with one attached hydrogen (secondary N) is 2. The molecule has 4 nitrogen and oxygen atoms in total. The molecule has 2 amide bonds. The van der Waals surface area contributed by atoms with E-state index in [0.717, 1.165) is 55.5 Å². The summed E-state index contributed by atoms with van der Waals surface area (Å²) in [5, 5.41) is 6.56. The van der Waals surface area contributed by atoms with Crippen LogP contribution in [0.2, 0.25) is 0 Å². The Hall–Kier alpha value is -1.36. The fraction of sp³-hybridized carbons (Fsp3) is 0.647. The van der Waals surface area contributed by atoms with Crippen molar-refractivity contribution < 1.29 is 9.59 Å². The smallest absolute Gasteiger partial charge is 0.254 e. The number of hydrogen-bond acceptors (Lipinski definition) is 3. The average Bonchev–Trinajstić information content (AvgIpc) is 2.92. The lowest BCUT2D eigenvalue weighted by atomic mass is 9.88. The molecule has 2 aliphatic rings. The van der Waals surface area contributed by atoms with Crippen molar-refractivity contribution in [3.05, 3.63) is 16.0 Å². The highest BCUT2D eigenvalue weighted by Crippen LogP contribution is 2.38. The summed E-state index contributed by atoms with van der Waals surface area (Å²) in [5.74, 6) is 0.146. The fourth-order valence-corrected chi connectivity index (χ4v) is 4.89. The number of rotatable bonds is 3. The van der Waals surface area contributed by atoms with Crippen molar-refractivity contribution in [1.29, 1.82) is 0 Å². The molecule has 1 aromatic rings. The van der Waals surface area contributed by atoms with Gasteiger partial charge in [0.25, 0.3) is 5.91 Å². The molecular weight excluding hydrogens is 296 g/mol. The zero-order chi connectivity index (χ0) is 15.5. The summed E-state index contributed by atoms with van der Waals surface area (Å²) in [6, 6.07) is 0. The lowest BCUT2D eigenvalue weighted by molar-refractivity contribution is -0.120.